The van der Waals surface area contributed by atoms with Crippen LogP contribution in [0.4, 0.5) is 33.6 Å². The summed E-state index contributed by atoms with van der Waals surface area (Å²) in [7, 11) is 0. The van der Waals surface area contributed by atoms with Crippen LogP contribution >= 0.6 is 0 Å². The Bertz CT molecular complexity index is 1380. The molecule has 0 unspecified atom stereocenters. The fourth-order valence-electron chi connectivity index (χ4n) is 3.94. The minimum atomic E-state index is -0.635. The molecule has 0 radical (unpaired) electrons. The Morgan fingerprint density at radius 1 is 0.914 bits per heavy atom. The lowest BCUT2D eigenvalue weighted by Gasteiger charge is -2.35. The van der Waals surface area contributed by atoms with Crippen LogP contribution in [0.15, 0.2) is 54.9 Å². The lowest BCUT2D eigenvalue weighted by molar-refractivity contribution is 0.100. The standard InChI is InChI=1S/C23H24N10O2/c24-20(34)18-13-26-23(30-21(18)28-16-3-6-19-14(11-16)12-27-31-19)29-15-1-4-17(5-2-15)32-7-9-33(10-8-32)22(25)35/h1-6,11-13H,7-10H2,(H2,24,34)(H2,25,35)(H,27,31)(H2,26,28,29,30). The Balaban J connectivity index is 1.31. The molecule has 2 aromatic heterocycles. The molecule has 1 aliphatic rings. The van der Waals surface area contributed by atoms with Gasteiger partial charge < -0.3 is 31.9 Å². The van der Waals surface area contributed by atoms with E-state index in [0.29, 0.717) is 37.9 Å². The van der Waals surface area contributed by atoms with Crippen LogP contribution in [0, 0.1) is 0 Å². The zero-order valence-corrected chi connectivity index (χ0v) is 18.7. The van der Waals surface area contributed by atoms with E-state index in [0.717, 1.165) is 28.0 Å². The van der Waals surface area contributed by atoms with E-state index in [9.17, 15) is 9.59 Å². The van der Waals surface area contributed by atoms with E-state index >= 15 is 0 Å². The molecule has 7 N–H and O–H groups in total. The Morgan fingerprint density at radius 2 is 1.66 bits per heavy atom. The maximum absolute atomic E-state index is 11.9. The van der Waals surface area contributed by atoms with Gasteiger partial charge in [0.05, 0.1) is 11.7 Å². The van der Waals surface area contributed by atoms with Gasteiger partial charge in [0.2, 0.25) is 5.95 Å². The number of nitrogens with one attached hydrogen (secondary N) is 3. The van der Waals surface area contributed by atoms with Gasteiger partial charge in [-0.15, -0.1) is 0 Å². The van der Waals surface area contributed by atoms with Crippen molar-refractivity contribution in [1.29, 1.82) is 0 Å². The summed E-state index contributed by atoms with van der Waals surface area (Å²) in [5, 5.41) is 14.1. The first-order chi connectivity index (χ1) is 17.0. The Morgan fingerprint density at radius 3 is 2.37 bits per heavy atom. The van der Waals surface area contributed by atoms with Crippen molar-refractivity contribution in [3.63, 3.8) is 0 Å². The topological polar surface area (TPSA) is 171 Å². The summed E-state index contributed by atoms with van der Waals surface area (Å²) in [6.07, 6.45) is 3.10. The number of rotatable bonds is 6. The lowest BCUT2D eigenvalue weighted by Crippen LogP contribution is -2.50. The average Bonchev–Trinajstić information content (AvgIpc) is 3.33. The number of amides is 3. The van der Waals surface area contributed by atoms with E-state index in [1.165, 1.54) is 6.20 Å². The number of aromatic amines is 1. The summed E-state index contributed by atoms with van der Waals surface area (Å²) in [6, 6.07) is 13.0. The maximum atomic E-state index is 11.9. The van der Waals surface area contributed by atoms with Crippen molar-refractivity contribution in [1.82, 2.24) is 25.1 Å². The molecule has 1 saturated heterocycles. The van der Waals surface area contributed by atoms with Crippen molar-refractivity contribution in [2.24, 2.45) is 11.5 Å². The van der Waals surface area contributed by atoms with E-state index in [1.807, 2.05) is 42.5 Å². The van der Waals surface area contributed by atoms with Crippen molar-refractivity contribution in [2.45, 2.75) is 0 Å². The molecule has 35 heavy (non-hydrogen) atoms. The third-order valence-corrected chi connectivity index (χ3v) is 5.84. The van der Waals surface area contributed by atoms with Crippen molar-refractivity contribution in [3.8, 4) is 0 Å². The highest BCUT2D eigenvalue weighted by Crippen LogP contribution is 2.25. The third-order valence-electron chi connectivity index (χ3n) is 5.84. The van der Waals surface area contributed by atoms with Crippen LogP contribution in [-0.2, 0) is 0 Å². The summed E-state index contributed by atoms with van der Waals surface area (Å²) in [5.41, 5.74) is 14.5. The quantitative estimate of drug-likeness (QED) is 0.284. The Kier molecular flexibility index (Phi) is 5.75. The highest BCUT2D eigenvalue weighted by Gasteiger charge is 2.19. The number of carbonyl (C=O) groups is 2. The van der Waals surface area contributed by atoms with Gasteiger partial charge in [-0.1, -0.05) is 0 Å². The van der Waals surface area contributed by atoms with Crippen molar-refractivity contribution in [2.75, 3.05) is 41.7 Å². The molecule has 0 spiro atoms. The number of benzene rings is 2. The lowest BCUT2D eigenvalue weighted by atomic mass is 10.2. The molecule has 0 saturated carbocycles. The molecule has 0 aliphatic carbocycles. The number of hydrogen-bond donors (Lipinski definition) is 5. The van der Waals surface area contributed by atoms with Crippen molar-refractivity contribution < 1.29 is 9.59 Å². The molecule has 5 rings (SSSR count). The number of aromatic nitrogens is 4. The van der Waals surface area contributed by atoms with Gasteiger partial charge in [0.15, 0.2) is 0 Å². The first-order valence-corrected chi connectivity index (χ1v) is 11.0. The second-order valence-corrected chi connectivity index (χ2v) is 8.10. The monoisotopic (exact) mass is 472 g/mol. The number of anilines is 5. The molecular weight excluding hydrogens is 448 g/mol. The molecule has 0 bridgehead atoms. The highest BCUT2D eigenvalue weighted by molar-refractivity contribution is 5.98. The van der Waals surface area contributed by atoms with Crippen molar-refractivity contribution >= 4 is 51.7 Å². The van der Waals surface area contributed by atoms with Gasteiger partial charge in [-0.05, 0) is 42.5 Å². The normalized spacial score (nSPS) is 13.6. The zero-order valence-electron chi connectivity index (χ0n) is 18.7. The molecule has 4 aromatic rings. The van der Waals surface area contributed by atoms with Crippen LogP contribution in [0.25, 0.3) is 10.9 Å². The Hall–Kier alpha value is -4.87. The molecule has 12 heteroatoms. The predicted octanol–water partition coefficient (Wildman–Crippen LogP) is 2.14. The molecule has 178 valence electrons. The molecule has 12 nitrogen and oxygen atoms in total. The van der Waals surface area contributed by atoms with Crippen molar-refractivity contribution in [3.05, 3.63) is 60.4 Å². The van der Waals surface area contributed by atoms with E-state index in [1.54, 1.807) is 11.1 Å². The number of carbonyl (C=O) groups excluding carboxylic acids is 2. The molecule has 2 aromatic carbocycles. The fraction of sp³-hybridized carbons (Fsp3) is 0.174. The van der Waals surface area contributed by atoms with Gasteiger partial charge in [0.1, 0.15) is 11.4 Å². The molecule has 1 fully saturated rings. The summed E-state index contributed by atoms with van der Waals surface area (Å²) < 4.78 is 0. The van der Waals surface area contributed by atoms with E-state index in [4.69, 9.17) is 11.5 Å². The zero-order chi connectivity index (χ0) is 24.4. The summed E-state index contributed by atoms with van der Waals surface area (Å²) in [6.45, 7) is 2.62. The van der Waals surface area contributed by atoms with Crippen LogP contribution in [0.1, 0.15) is 10.4 Å². The van der Waals surface area contributed by atoms with Crippen LogP contribution in [-0.4, -0.2) is 63.2 Å². The van der Waals surface area contributed by atoms with Gasteiger partial charge in [-0.3, -0.25) is 9.89 Å². The third kappa shape index (κ3) is 4.76. The van der Waals surface area contributed by atoms with E-state index in [-0.39, 0.29) is 11.6 Å². The second kappa shape index (κ2) is 9.17. The maximum Gasteiger partial charge on any atom is 0.314 e. The summed E-state index contributed by atoms with van der Waals surface area (Å²) in [4.78, 5) is 35.8. The molecule has 1 aliphatic heterocycles. The van der Waals surface area contributed by atoms with E-state index < -0.39 is 5.91 Å². The molecule has 3 heterocycles. The van der Waals surface area contributed by atoms with Crippen LogP contribution < -0.4 is 27.0 Å². The first-order valence-electron chi connectivity index (χ1n) is 11.0. The summed E-state index contributed by atoms with van der Waals surface area (Å²) in [5.74, 6) is -0.0317. The SMILES string of the molecule is NC(=O)c1cnc(Nc2ccc(N3CCN(C(N)=O)CC3)cc2)nc1Nc1ccc2[nH]ncc2c1. The van der Waals surface area contributed by atoms with Gasteiger partial charge in [0, 0.05) is 54.8 Å². The number of nitrogens with zero attached hydrogens (tertiary/aromatic N) is 5. The molecular formula is C23H24N10O2. The first kappa shape index (κ1) is 21.9. The summed E-state index contributed by atoms with van der Waals surface area (Å²) >= 11 is 0. The fourth-order valence-corrected chi connectivity index (χ4v) is 3.94. The van der Waals surface area contributed by atoms with Crippen LogP contribution in [0.3, 0.4) is 0 Å². The number of primary amides is 2. The minimum Gasteiger partial charge on any atom is -0.368 e. The minimum absolute atomic E-state index is 0.174. The Labute approximate surface area is 200 Å². The largest absolute Gasteiger partial charge is 0.368 e. The highest BCUT2D eigenvalue weighted by atomic mass is 16.2. The second-order valence-electron chi connectivity index (χ2n) is 8.10. The van der Waals surface area contributed by atoms with E-state index in [2.05, 4.69) is 35.7 Å². The molecule has 3 amide bonds. The predicted molar refractivity (Wildman–Crippen MR) is 133 cm³/mol. The number of fused-ring (bicyclic) bond motifs is 1. The number of H-pyrrole nitrogens is 1. The number of hydrogen-bond acceptors (Lipinski definition) is 8. The molecule has 0 atom stereocenters. The van der Waals surface area contributed by atoms with Gasteiger partial charge in [0.25, 0.3) is 5.91 Å². The number of nitrogens with two attached hydrogens (primary N) is 2. The van der Waals surface area contributed by atoms with Gasteiger partial charge in [-0.25, -0.2) is 9.78 Å². The van der Waals surface area contributed by atoms with Crippen LogP contribution in [0.5, 0.6) is 0 Å². The van der Waals surface area contributed by atoms with Gasteiger partial charge in [-0.2, -0.15) is 10.1 Å². The number of urea groups is 1. The number of piperazine rings is 1. The van der Waals surface area contributed by atoms with Gasteiger partial charge >= 0.3 is 6.03 Å². The smallest absolute Gasteiger partial charge is 0.314 e. The van der Waals surface area contributed by atoms with Crippen LogP contribution in [0.2, 0.25) is 0 Å². The average molecular weight is 473 g/mol.